The first-order chi connectivity index (χ1) is 9.30. The maximum Gasteiger partial charge on any atom is 0.196 e. The van der Waals surface area contributed by atoms with Gasteiger partial charge in [-0.05, 0) is 13.0 Å². The van der Waals surface area contributed by atoms with Crippen LogP contribution >= 0.6 is 0 Å². The van der Waals surface area contributed by atoms with Gasteiger partial charge in [-0.1, -0.05) is 0 Å². The second kappa shape index (κ2) is 3.91. The van der Waals surface area contributed by atoms with Crippen LogP contribution in [0.5, 0.6) is 11.5 Å². The van der Waals surface area contributed by atoms with E-state index >= 15 is 0 Å². The van der Waals surface area contributed by atoms with Crippen LogP contribution in [0.1, 0.15) is 34.1 Å². The van der Waals surface area contributed by atoms with Gasteiger partial charge in [0.15, 0.2) is 17.4 Å². The molecule has 6 heteroatoms. The molecule has 1 aromatic rings. The van der Waals surface area contributed by atoms with Gasteiger partial charge >= 0.3 is 0 Å². The topological polar surface area (TPSA) is 104 Å². The molecule has 1 unspecified atom stereocenters. The van der Waals surface area contributed by atoms with Crippen LogP contribution in [-0.2, 0) is 4.74 Å². The van der Waals surface area contributed by atoms with Crippen molar-refractivity contribution >= 4 is 11.6 Å². The van der Waals surface area contributed by atoms with E-state index in [0.29, 0.717) is 0 Å². The number of phenolic OH excluding ortho intramolecular Hbond substituents is 2. The number of rotatable bonds is 0. The summed E-state index contributed by atoms with van der Waals surface area (Å²) in [7, 11) is 0. The Bertz CT molecular complexity index is 683. The first-order valence-electron chi connectivity index (χ1n) is 6.04. The van der Waals surface area contributed by atoms with Crippen LogP contribution in [0.4, 0.5) is 0 Å². The largest absolute Gasteiger partial charge is 0.508 e. The van der Waals surface area contributed by atoms with E-state index in [1.54, 1.807) is 0 Å². The van der Waals surface area contributed by atoms with Crippen molar-refractivity contribution in [1.29, 1.82) is 0 Å². The minimum absolute atomic E-state index is 0.0519. The molecule has 0 saturated carbocycles. The molecule has 20 heavy (non-hydrogen) atoms. The Morgan fingerprint density at radius 3 is 2.55 bits per heavy atom. The van der Waals surface area contributed by atoms with E-state index in [2.05, 4.69) is 0 Å². The molecule has 1 aliphatic heterocycles. The van der Waals surface area contributed by atoms with Gasteiger partial charge in [-0.25, -0.2) is 0 Å². The number of hydrogen-bond donors (Lipinski definition) is 3. The van der Waals surface area contributed by atoms with Crippen LogP contribution in [-0.4, -0.2) is 39.3 Å². The van der Waals surface area contributed by atoms with Crippen molar-refractivity contribution in [3.8, 4) is 11.5 Å². The molecule has 3 rings (SSSR count). The van der Waals surface area contributed by atoms with Crippen LogP contribution in [0, 0.1) is 0 Å². The normalized spacial score (nSPS) is 25.5. The molecule has 1 atom stereocenters. The van der Waals surface area contributed by atoms with Crippen molar-refractivity contribution < 1.29 is 29.6 Å². The number of aromatic hydroxyl groups is 2. The van der Waals surface area contributed by atoms with E-state index in [4.69, 9.17) is 4.74 Å². The second-order valence-electron chi connectivity index (χ2n) is 5.14. The predicted octanol–water partition coefficient (Wildman–Crippen LogP) is 0.902. The van der Waals surface area contributed by atoms with E-state index in [-0.39, 0.29) is 41.1 Å². The number of phenols is 2. The molecule has 0 aromatic heterocycles. The maximum atomic E-state index is 12.4. The van der Waals surface area contributed by atoms with Gasteiger partial charge < -0.3 is 20.1 Å². The van der Waals surface area contributed by atoms with Gasteiger partial charge in [0, 0.05) is 29.2 Å². The third-order valence-electron chi connectivity index (χ3n) is 3.52. The van der Waals surface area contributed by atoms with Gasteiger partial charge in [-0.15, -0.1) is 0 Å². The fourth-order valence-corrected chi connectivity index (χ4v) is 2.56. The lowest BCUT2D eigenvalue weighted by Gasteiger charge is -2.33. The monoisotopic (exact) mass is 276 g/mol. The van der Waals surface area contributed by atoms with E-state index < -0.39 is 23.1 Å². The average Bonchev–Trinajstić information content (AvgIpc) is 2.34. The Kier molecular flexibility index (Phi) is 2.51. The highest BCUT2D eigenvalue weighted by molar-refractivity contribution is 6.28. The molecule has 0 spiro atoms. The van der Waals surface area contributed by atoms with E-state index in [1.807, 2.05) is 0 Å². The van der Waals surface area contributed by atoms with Crippen molar-refractivity contribution in [3.63, 3.8) is 0 Å². The summed E-state index contributed by atoms with van der Waals surface area (Å²) in [4.78, 5) is 24.7. The minimum Gasteiger partial charge on any atom is -0.508 e. The predicted molar refractivity (Wildman–Crippen MR) is 66.7 cm³/mol. The molecule has 0 radical (unpaired) electrons. The van der Waals surface area contributed by atoms with E-state index in [1.165, 1.54) is 6.92 Å². The summed E-state index contributed by atoms with van der Waals surface area (Å²) in [5.41, 5.74) is 0.138. The van der Waals surface area contributed by atoms with Crippen molar-refractivity contribution in [2.45, 2.75) is 19.1 Å². The first-order valence-corrected chi connectivity index (χ1v) is 6.04. The Morgan fingerprint density at radius 1 is 1.15 bits per heavy atom. The van der Waals surface area contributed by atoms with Gasteiger partial charge in [0.05, 0.1) is 12.2 Å². The summed E-state index contributed by atoms with van der Waals surface area (Å²) in [6, 6.07) is 2.15. The average molecular weight is 276 g/mol. The number of carbonyl (C=O) groups is 2. The number of hydrogen-bond acceptors (Lipinski definition) is 6. The third kappa shape index (κ3) is 1.73. The zero-order valence-corrected chi connectivity index (χ0v) is 10.6. The fourth-order valence-electron chi connectivity index (χ4n) is 2.56. The summed E-state index contributed by atoms with van der Waals surface area (Å²) >= 11 is 0. The summed E-state index contributed by atoms with van der Waals surface area (Å²) in [6.07, 6.45) is -0.108. The summed E-state index contributed by atoms with van der Waals surface area (Å²) in [6.45, 7) is 1.22. The lowest BCUT2D eigenvalue weighted by Crippen LogP contribution is -2.39. The summed E-state index contributed by atoms with van der Waals surface area (Å²) in [5, 5.41) is 29.1. The highest BCUT2D eigenvalue weighted by Gasteiger charge is 2.41. The first kappa shape index (κ1) is 12.8. The van der Waals surface area contributed by atoms with Crippen LogP contribution in [0.15, 0.2) is 23.3 Å². The highest BCUT2D eigenvalue weighted by Crippen LogP contribution is 2.39. The minimum atomic E-state index is -1.51. The standard InChI is InChI=1S/C14H12O6/c1-14(19)4-8-9(5-20-14)13(18)11-7(12(8)17)2-6(15)3-10(11)16/h2-3,15-16,19H,4-5H2,1H3. The van der Waals surface area contributed by atoms with Crippen molar-refractivity contribution in [3.05, 3.63) is 34.4 Å². The van der Waals surface area contributed by atoms with Gasteiger partial charge in [-0.2, -0.15) is 0 Å². The Morgan fingerprint density at radius 2 is 1.85 bits per heavy atom. The third-order valence-corrected chi connectivity index (χ3v) is 3.52. The zero-order chi connectivity index (χ0) is 14.7. The second-order valence-corrected chi connectivity index (χ2v) is 5.14. The molecule has 0 bridgehead atoms. The number of ketones is 2. The summed E-state index contributed by atoms with van der Waals surface area (Å²) < 4.78 is 5.13. The smallest absolute Gasteiger partial charge is 0.196 e. The number of ether oxygens (including phenoxy) is 1. The number of Topliss-reactive ketones (excluding diaryl/α,β-unsaturated/α-hetero) is 2. The van der Waals surface area contributed by atoms with Crippen molar-refractivity contribution in [2.24, 2.45) is 0 Å². The van der Waals surface area contributed by atoms with Crippen LogP contribution in [0.25, 0.3) is 0 Å². The van der Waals surface area contributed by atoms with Gasteiger partial charge in [0.25, 0.3) is 0 Å². The van der Waals surface area contributed by atoms with Crippen molar-refractivity contribution in [1.82, 2.24) is 0 Å². The SMILES string of the molecule is CC1(O)CC2=C(CO1)C(=O)c1c(O)cc(O)cc1C2=O. The Hall–Kier alpha value is -2.18. The van der Waals surface area contributed by atoms with Crippen molar-refractivity contribution in [2.75, 3.05) is 6.61 Å². The molecule has 0 amide bonds. The van der Waals surface area contributed by atoms with Crippen LogP contribution in [0.2, 0.25) is 0 Å². The number of benzene rings is 1. The molecule has 104 valence electrons. The van der Waals surface area contributed by atoms with E-state index in [9.17, 15) is 24.9 Å². The van der Waals surface area contributed by atoms with Gasteiger partial charge in [0.1, 0.15) is 11.5 Å². The molecule has 3 N–H and O–H groups in total. The molecular formula is C14H12O6. The molecule has 1 heterocycles. The quantitative estimate of drug-likeness (QED) is 0.650. The zero-order valence-electron chi connectivity index (χ0n) is 10.6. The molecular weight excluding hydrogens is 264 g/mol. The Balaban J connectivity index is 2.21. The fraction of sp³-hybridized carbons (Fsp3) is 0.286. The lowest BCUT2D eigenvalue weighted by atomic mass is 9.80. The van der Waals surface area contributed by atoms with Gasteiger partial charge in [-0.3, -0.25) is 9.59 Å². The molecule has 6 nitrogen and oxygen atoms in total. The van der Waals surface area contributed by atoms with E-state index in [0.717, 1.165) is 12.1 Å². The highest BCUT2D eigenvalue weighted by atomic mass is 16.6. The maximum absolute atomic E-state index is 12.4. The molecule has 0 saturated heterocycles. The lowest BCUT2D eigenvalue weighted by molar-refractivity contribution is -0.187. The molecule has 0 fully saturated rings. The van der Waals surface area contributed by atoms with Crippen LogP contribution in [0.3, 0.4) is 0 Å². The molecule has 1 aliphatic carbocycles. The molecule has 1 aromatic carbocycles. The summed E-state index contributed by atoms with van der Waals surface area (Å²) in [5.74, 6) is -3.25. The number of fused-ring (bicyclic) bond motifs is 1. The number of carbonyl (C=O) groups excluding carboxylic acids is 2. The van der Waals surface area contributed by atoms with Gasteiger partial charge in [0.2, 0.25) is 0 Å². The Labute approximate surface area is 113 Å². The number of aliphatic hydroxyl groups is 1. The van der Waals surface area contributed by atoms with Crippen LogP contribution < -0.4 is 0 Å². The molecule has 2 aliphatic rings.